The van der Waals surface area contributed by atoms with Crippen molar-refractivity contribution in [2.24, 2.45) is 0 Å². The molecule has 1 saturated heterocycles. The largest absolute Gasteiger partial charge is 0.296 e. The van der Waals surface area contributed by atoms with Crippen LogP contribution in [0.25, 0.3) is 16.8 Å². The van der Waals surface area contributed by atoms with E-state index in [9.17, 15) is 19.6 Å². The van der Waals surface area contributed by atoms with Crippen molar-refractivity contribution in [3.05, 3.63) is 88.3 Å². The Hall–Kier alpha value is -3.98. The minimum absolute atomic E-state index is 0.127. The number of nitrogens with zero attached hydrogens (tertiary/aromatic N) is 2. The molecule has 1 aliphatic heterocycles. The summed E-state index contributed by atoms with van der Waals surface area (Å²) >= 11 is 0. The van der Waals surface area contributed by atoms with Crippen LogP contribution in [-0.2, 0) is 9.59 Å². The summed E-state index contributed by atoms with van der Waals surface area (Å²) in [6.45, 7) is 0. The number of aromatic nitrogens is 1. The van der Waals surface area contributed by atoms with Crippen LogP contribution in [-0.4, -0.2) is 16.4 Å². The molecule has 1 unspecified atom stereocenters. The van der Waals surface area contributed by atoms with Crippen LogP contribution in [0.4, 0.5) is 0 Å². The lowest BCUT2D eigenvalue weighted by molar-refractivity contribution is -0.134. The van der Waals surface area contributed by atoms with Crippen LogP contribution in [0.3, 0.4) is 0 Å². The number of hydrogen-bond acceptors (Lipinski definition) is 4. The molecule has 1 N–H and O–H groups in total. The van der Waals surface area contributed by atoms with Crippen molar-refractivity contribution in [3.63, 3.8) is 0 Å². The van der Waals surface area contributed by atoms with E-state index >= 15 is 0 Å². The van der Waals surface area contributed by atoms with E-state index in [1.54, 1.807) is 24.4 Å². The Morgan fingerprint density at radius 2 is 1.76 bits per heavy atom. The first-order chi connectivity index (χ1) is 14.1. The van der Waals surface area contributed by atoms with Crippen LogP contribution < -0.4 is 10.9 Å². The molecule has 142 valence electrons. The van der Waals surface area contributed by atoms with Gasteiger partial charge in [0.05, 0.1) is 11.5 Å². The molecule has 4 rings (SSSR count). The standard InChI is InChI=1S/C23H17N3O3/c24-14-20-17(4-3-5-18(20)19-11-12-21(27)25-23(19)29)15-7-9-16(10-8-15)26-13-2-1-6-22(26)28/h1-10,13,19H,11-12H2,(H,25,27,29). The lowest BCUT2D eigenvalue weighted by Gasteiger charge is -2.23. The molecule has 1 fully saturated rings. The van der Waals surface area contributed by atoms with Crippen molar-refractivity contribution in [1.82, 2.24) is 9.88 Å². The van der Waals surface area contributed by atoms with E-state index in [1.165, 1.54) is 10.6 Å². The zero-order valence-corrected chi connectivity index (χ0v) is 15.5. The van der Waals surface area contributed by atoms with E-state index in [0.29, 0.717) is 23.1 Å². The molecule has 6 heteroatoms. The molecule has 0 saturated carbocycles. The molecule has 0 spiro atoms. The van der Waals surface area contributed by atoms with Crippen LogP contribution in [0.15, 0.2) is 71.7 Å². The van der Waals surface area contributed by atoms with Gasteiger partial charge in [-0.05, 0) is 41.3 Å². The summed E-state index contributed by atoms with van der Waals surface area (Å²) in [4.78, 5) is 35.7. The van der Waals surface area contributed by atoms with Crippen LogP contribution in [0.5, 0.6) is 0 Å². The fourth-order valence-corrected chi connectivity index (χ4v) is 3.66. The summed E-state index contributed by atoms with van der Waals surface area (Å²) in [6.07, 6.45) is 2.34. The summed E-state index contributed by atoms with van der Waals surface area (Å²) in [5, 5.41) is 12.2. The number of imide groups is 1. The van der Waals surface area contributed by atoms with Crippen molar-refractivity contribution in [3.8, 4) is 22.9 Å². The van der Waals surface area contributed by atoms with Crippen LogP contribution in [0.2, 0.25) is 0 Å². The van der Waals surface area contributed by atoms with E-state index in [4.69, 9.17) is 0 Å². The zero-order chi connectivity index (χ0) is 20.4. The summed E-state index contributed by atoms with van der Waals surface area (Å²) in [5.41, 5.74) is 3.16. The van der Waals surface area contributed by atoms with E-state index in [-0.39, 0.29) is 23.8 Å². The molecule has 1 atom stereocenters. The molecule has 6 nitrogen and oxygen atoms in total. The predicted molar refractivity (Wildman–Crippen MR) is 107 cm³/mol. The fraction of sp³-hybridized carbons (Fsp3) is 0.130. The van der Waals surface area contributed by atoms with Gasteiger partial charge < -0.3 is 0 Å². The van der Waals surface area contributed by atoms with Crippen LogP contribution in [0.1, 0.15) is 29.9 Å². The highest BCUT2D eigenvalue weighted by Crippen LogP contribution is 2.33. The third-order valence-electron chi connectivity index (χ3n) is 5.10. The molecular formula is C23H17N3O3. The third kappa shape index (κ3) is 3.46. The molecule has 1 aromatic heterocycles. The van der Waals surface area contributed by atoms with Gasteiger partial charge in [0.2, 0.25) is 11.8 Å². The molecule has 2 amide bonds. The number of hydrogen-bond donors (Lipinski definition) is 1. The maximum absolute atomic E-state index is 12.3. The SMILES string of the molecule is N#Cc1c(-c2ccc(-n3ccccc3=O)cc2)cccc1C1CCC(=O)NC1=O. The Morgan fingerprint density at radius 3 is 2.45 bits per heavy atom. The molecule has 3 aromatic rings. The van der Waals surface area contributed by atoms with Gasteiger partial charge >= 0.3 is 0 Å². The lowest BCUT2D eigenvalue weighted by atomic mass is 9.84. The molecule has 29 heavy (non-hydrogen) atoms. The Balaban J connectivity index is 1.74. The van der Waals surface area contributed by atoms with E-state index < -0.39 is 5.92 Å². The van der Waals surface area contributed by atoms with Crippen molar-refractivity contribution in [1.29, 1.82) is 5.26 Å². The maximum atomic E-state index is 12.3. The third-order valence-corrected chi connectivity index (χ3v) is 5.10. The Morgan fingerprint density at radius 1 is 0.966 bits per heavy atom. The highest BCUT2D eigenvalue weighted by Gasteiger charge is 2.30. The first-order valence-electron chi connectivity index (χ1n) is 9.23. The molecule has 0 bridgehead atoms. The first-order valence-corrected chi connectivity index (χ1v) is 9.23. The van der Waals surface area contributed by atoms with Crippen LogP contribution >= 0.6 is 0 Å². The minimum Gasteiger partial charge on any atom is -0.296 e. The summed E-state index contributed by atoms with van der Waals surface area (Å²) in [7, 11) is 0. The van der Waals surface area contributed by atoms with Crippen LogP contribution in [0, 0.1) is 11.3 Å². The van der Waals surface area contributed by atoms with Gasteiger partial charge in [-0.2, -0.15) is 5.26 Å². The van der Waals surface area contributed by atoms with Gasteiger partial charge in [-0.3, -0.25) is 24.3 Å². The van der Waals surface area contributed by atoms with Gasteiger partial charge in [0.25, 0.3) is 5.56 Å². The van der Waals surface area contributed by atoms with Gasteiger partial charge in [-0.15, -0.1) is 0 Å². The second-order valence-electron chi connectivity index (χ2n) is 6.84. The summed E-state index contributed by atoms with van der Waals surface area (Å²) in [6, 6.07) is 19.9. The number of amides is 2. The Labute approximate surface area is 167 Å². The van der Waals surface area contributed by atoms with Crippen molar-refractivity contribution < 1.29 is 9.59 Å². The van der Waals surface area contributed by atoms with Gasteiger partial charge in [0.1, 0.15) is 6.07 Å². The number of carbonyl (C=O) groups excluding carboxylic acids is 2. The first kappa shape index (κ1) is 18.4. The monoisotopic (exact) mass is 383 g/mol. The summed E-state index contributed by atoms with van der Waals surface area (Å²) in [5.74, 6) is -1.18. The molecule has 1 aliphatic rings. The van der Waals surface area contributed by atoms with E-state index in [1.807, 2.05) is 36.4 Å². The maximum Gasteiger partial charge on any atom is 0.255 e. The zero-order valence-electron chi connectivity index (χ0n) is 15.5. The predicted octanol–water partition coefficient (Wildman–Crippen LogP) is 2.90. The van der Waals surface area contributed by atoms with E-state index in [2.05, 4.69) is 11.4 Å². The average molecular weight is 383 g/mol. The number of carbonyl (C=O) groups is 2. The second-order valence-corrected chi connectivity index (χ2v) is 6.84. The number of pyridine rings is 1. The van der Waals surface area contributed by atoms with Gasteiger partial charge in [-0.1, -0.05) is 36.4 Å². The van der Waals surface area contributed by atoms with Crippen molar-refractivity contribution in [2.45, 2.75) is 18.8 Å². The quantitative estimate of drug-likeness (QED) is 0.704. The molecule has 0 radical (unpaired) electrons. The fourth-order valence-electron chi connectivity index (χ4n) is 3.66. The van der Waals surface area contributed by atoms with Gasteiger partial charge in [0, 0.05) is 24.4 Å². The topological polar surface area (TPSA) is 92.0 Å². The molecule has 2 aromatic carbocycles. The Kier molecular flexibility index (Phi) is 4.80. The molecule has 2 heterocycles. The second kappa shape index (κ2) is 7.56. The average Bonchev–Trinajstić information content (AvgIpc) is 2.74. The highest BCUT2D eigenvalue weighted by molar-refractivity contribution is 6.01. The smallest absolute Gasteiger partial charge is 0.255 e. The number of nitrogens with one attached hydrogen (secondary N) is 1. The minimum atomic E-state index is -0.524. The van der Waals surface area contributed by atoms with Gasteiger partial charge in [0.15, 0.2) is 0 Å². The summed E-state index contributed by atoms with van der Waals surface area (Å²) < 4.78 is 1.54. The number of nitriles is 1. The molecular weight excluding hydrogens is 366 g/mol. The number of rotatable bonds is 3. The lowest BCUT2D eigenvalue weighted by Crippen LogP contribution is -2.39. The molecule has 0 aliphatic carbocycles. The Bertz CT molecular complexity index is 1200. The number of benzene rings is 2. The van der Waals surface area contributed by atoms with Gasteiger partial charge in [-0.25, -0.2) is 0 Å². The number of piperidine rings is 1. The van der Waals surface area contributed by atoms with E-state index in [0.717, 1.165) is 11.3 Å². The normalized spacial score (nSPS) is 16.2. The van der Waals surface area contributed by atoms with Crippen molar-refractivity contribution >= 4 is 11.8 Å². The highest BCUT2D eigenvalue weighted by atomic mass is 16.2. The van der Waals surface area contributed by atoms with Crippen molar-refractivity contribution in [2.75, 3.05) is 0 Å².